The normalized spacial score (nSPS) is 9.91. The minimum atomic E-state index is -0.363. The van der Waals surface area contributed by atoms with Crippen LogP contribution in [0.15, 0.2) is 24.5 Å². The molecule has 0 atom stereocenters. The van der Waals surface area contributed by atoms with Crippen LogP contribution in [0.25, 0.3) is 0 Å². The van der Waals surface area contributed by atoms with Crippen LogP contribution in [0.3, 0.4) is 0 Å². The van der Waals surface area contributed by atoms with Crippen molar-refractivity contribution in [3.05, 3.63) is 30.1 Å². The smallest absolute Gasteiger partial charge is 0.316 e. The Bertz CT molecular complexity index is 663. The molecule has 122 valence electrons. The molecule has 8 heteroatoms. The highest BCUT2D eigenvalue weighted by molar-refractivity contribution is 6.05. The first-order chi connectivity index (χ1) is 11.1. The Morgan fingerprint density at radius 2 is 1.48 bits per heavy atom. The summed E-state index contributed by atoms with van der Waals surface area (Å²) >= 11 is 0. The minimum absolute atomic E-state index is 0.218. The van der Waals surface area contributed by atoms with Crippen molar-refractivity contribution in [1.29, 1.82) is 0 Å². The molecule has 8 nitrogen and oxygen atoms in total. The Labute approximate surface area is 133 Å². The summed E-state index contributed by atoms with van der Waals surface area (Å²) in [5, 5.41) is 2.68. The molecule has 0 saturated carbocycles. The summed E-state index contributed by atoms with van der Waals surface area (Å²) in [6.07, 6.45) is 2.89. The third-order valence-corrected chi connectivity index (χ3v) is 3.00. The van der Waals surface area contributed by atoms with Crippen molar-refractivity contribution in [3.8, 4) is 23.3 Å². The molecule has 2 rings (SSSR count). The third-order valence-electron chi connectivity index (χ3n) is 3.00. The van der Waals surface area contributed by atoms with Gasteiger partial charge in [0.25, 0.3) is 5.91 Å². The zero-order valence-corrected chi connectivity index (χ0v) is 13.2. The monoisotopic (exact) mass is 319 g/mol. The Kier molecular flexibility index (Phi) is 5.19. The fourth-order valence-corrected chi connectivity index (χ4v) is 1.90. The molecule has 1 aromatic carbocycles. The topological polar surface area (TPSA) is 91.8 Å². The maximum absolute atomic E-state index is 12.4. The highest BCUT2D eigenvalue weighted by Gasteiger charge is 2.17. The number of carbonyl (C=O) groups is 1. The molecule has 1 amide bonds. The minimum Gasteiger partial charge on any atom is -0.493 e. The lowest BCUT2D eigenvalue weighted by Crippen LogP contribution is -2.13. The van der Waals surface area contributed by atoms with Gasteiger partial charge in [-0.25, -0.2) is 9.97 Å². The fourth-order valence-electron chi connectivity index (χ4n) is 1.90. The molecule has 0 aliphatic rings. The van der Waals surface area contributed by atoms with E-state index in [0.717, 1.165) is 0 Å². The fraction of sp³-hybridized carbons (Fsp3) is 0.267. The Hall–Kier alpha value is -3.03. The van der Waals surface area contributed by atoms with Gasteiger partial charge in [0.15, 0.2) is 11.5 Å². The lowest BCUT2D eigenvalue weighted by atomic mass is 10.1. The van der Waals surface area contributed by atoms with Gasteiger partial charge >= 0.3 is 6.01 Å². The van der Waals surface area contributed by atoms with E-state index >= 15 is 0 Å². The van der Waals surface area contributed by atoms with E-state index in [1.165, 1.54) is 40.8 Å². The number of carbonyl (C=O) groups excluding carboxylic acids is 1. The Balaban J connectivity index is 2.27. The summed E-state index contributed by atoms with van der Waals surface area (Å²) in [6.45, 7) is 0. The summed E-state index contributed by atoms with van der Waals surface area (Å²) in [7, 11) is 5.92. The van der Waals surface area contributed by atoms with Crippen LogP contribution in [0.4, 0.5) is 5.69 Å². The summed E-state index contributed by atoms with van der Waals surface area (Å²) in [5.74, 6) is 0.836. The molecule has 1 aromatic heterocycles. The summed E-state index contributed by atoms with van der Waals surface area (Å²) in [6, 6.07) is 3.33. The van der Waals surface area contributed by atoms with Crippen LogP contribution >= 0.6 is 0 Å². The standard InChI is InChI=1S/C15H17N3O5/c1-20-11-5-9(6-12(21-2)13(11)22-3)14(19)18-10-7-16-15(23-4)17-8-10/h5-8H,1-4H3,(H,18,19). The van der Waals surface area contributed by atoms with Crippen LogP contribution in [0.5, 0.6) is 23.3 Å². The lowest BCUT2D eigenvalue weighted by Gasteiger charge is -2.14. The van der Waals surface area contributed by atoms with Gasteiger partial charge in [-0.2, -0.15) is 0 Å². The van der Waals surface area contributed by atoms with Gasteiger partial charge in [-0.05, 0) is 12.1 Å². The van der Waals surface area contributed by atoms with Crippen LogP contribution in [-0.4, -0.2) is 44.3 Å². The summed E-state index contributed by atoms with van der Waals surface area (Å²) in [5.41, 5.74) is 0.778. The van der Waals surface area contributed by atoms with E-state index in [9.17, 15) is 4.79 Å². The molecule has 2 aromatic rings. The first-order valence-corrected chi connectivity index (χ1v) is 6.60. The van der Waals surface area contributed by atoms with E-state index in [-0.39, 0.29) is 11.9 Å². The number of methoxy groups -OCH3 is 4. The predicted molar refractivity (Wildman–Crippen MR) is 82.6 cm³/mol. The second-order valence-corrected chi connectivity index (χ2v) is 4.33. The van der Waals surface area contributed by atoms with Gasteiger partial charge in [0.05, 0.1) is 46.5 Å². The van der Waals surface area contributed by atoms with Crippen molar-refractivity contribution in [2.24, 2.45) is 0 Å². The quantitative estimate of drug-likeness (QED) is 0.867. The zero-order valence-electron chi connectivity index (χ0n) is 13.2. The molecular weight excluding hydrogens is 302 g/mol. The number of ether oxygens (including phenoxy) is 4. The highest BCUT2D eigenvalue weighted by Crippen LogP contribution is 2.38. The Morgan fingerprint density at radius 3 is 1.91 bits per heavy atom. The number of hydrogen-bond donors (Lipinski definition) is 1. The maximum atomic E-state index is 12.4. The number of amides is 1. The largest absolute Gasteiger partial charge is 0.493 e. The molecule has 0 spiro atoms. The first kappa shape index (κ1) is 16.3. The zero-order chi connectivity index (χ0) is 16.8. The van der Waals surface area contributed by atoms with Crippen LogP contribution in [0, 0.1) is 0 Å². The maximum Gasteiger partial charge on any atom is 0.316 e. The Morgan fingerprint density at radius 1 is 0.913 bits per heavy atom. The number of nitrogens with zero attached hydrogens (tertiary/aromatic N) is 2. The average molecular weight is 319 g/mol. The van der Waals surface area contributed by atoms with Crippen molar-refractivity contribution >= 4 is 11.6 Å². The number of hydrogen-bond acceptors (Lipinski definition) is 7. The van der Waals surface area contributed by atoms with Crippen molar-refractivity contribution in [3.63, 3.8) is 0 Å². The van der Waals surface area contributed by atoms with Gasteiger partial charge in [-0.1, -0.05) is 0 Å². The van der Waals surface area contributed by atoms with Crippen LogP contribution < -0.4 is 24.3 Å². The molecule has 0 aliphatic carbocycles. The van der Waals surface area contributed by atoms with E-state index in [4.69, 9.17) is 18.9 Å². The summed E-state index contributed by atoms with van der Waals surface area (Å²) in [4.78, 5) is 20.2. The highest BCUT2D eigenvalue weighted by atomic mass is 16.5. The van der Waals surface area contributed by atoms with Crippen molar-refractivity contribution in [2.45, 2.75) is 0 Å². The molecule has 1 N–H and O–H groups in total. The third kappa shape index (κ3) is 3.60. The summed E-state index contributed by atoms with van der Waals surface area (Å²) < 4.78 is 20.5. The van der Waals surface area contributed by atoms with E-state index in [1.807, 2.05) is 0 Å². The van der Waals surface area contributed by atoms with E-state index < -0.39 is 0 Å². The molecule has 0 bridgehead atoms. The second kappa shape index (κ2) is 7.30. The number of anilines is 1. The van der Waals surface area contributed by atoms with Crippen molar-refractivity contribution in [2.75, 3.05) is 33.8 Å². The molecule has 0 unspecified atom stereocenters. The molecule has 23 heavy (non-hydrogen) atoms. The number of nitrogens with one attached hydrogen (secondary N) is 1. The molecule has 1 heterocycles. The van der Waals surface area contributed by atoms with E-state index in [2.05, 4.69) is 15.3 Å². The van der Waals surface area contributed by atoms with Gasteiger partial charge in [0, 0.05) is 5.56 Å². The van der Waals surface area contributed by atoms with Gasteiger partial charge in [-0.3, -0.25) is 4.79 Å². The average Bonchev–Trinajstić information content (AvgIpc) is 2.60. The van der Waals surface area contributed by atoms with Gasteiger partial charge in [0.1, 0.15) is 0 Å². The van der Waals surface area contributed by atoms with Gasteiger partial charge in [-0.15, -0.1) is 0 Å². The molecule has 0 fully saturated rings. The molecule has 0 saturated heterocycles. The van der Waals surface area contributed by atoms with Crippen LogP contribution in [-0.2, 0) is 0 Å². The van der Waals surface area contributed by atoms with Crippen molar-refractivity contribution < 1.29 is 23.7 Å². The van der Waals surface area contributed by atoms with E-state index in [1.54, 1.807) is 12.1 Å². The molecular formula is C15H17N3O5. The first-order valence-electron chi connectivity index (χ1n) is 6.60. The van der Waals surface area contributed by atoms with Crippen LogP contribution in [0.1, 0.15) is 10.4 Å². The number of benzene rings is 1. The lowest BCUT2D eigenvalue weighted by molar-refractivity contribution is 0.102. The van der Waals surface area contributed by atoms with Gasteiger partial charge < -0.3 is 24.3 Å². The van der Waals surface area contributed by atoms with E-state index in [0.29, 0.717) is 28.5 Å². The predicted octanol–water partition coefficient (Wildman–Crippen LogP) is 1.76. The van der Waals surface area contributed by atoms with Crippen molar-refractivity contribution in [1.82, 2.24) is 9.97 Å². The SMILES string of the molecule is COc1ncc(NC(=O)c2cc(OC)c(OC)c(OC)c2)cn1. The number of aromatic nitrogens is 2. The number of rotatable bonds is 6. The van der Waals surface area contributed by atoms with Crippen LogP contribution in [0.2, 0.25) is 0 Å². The second-order valence-electron chi connectivity index (χ2n) is 4.33. The molecule has 0 radical (unpaired) electrons. The van der Waals surface area contributed by atoms with Gasteiger partial charge in [0.2, 0.25) is 5.75 Å². The molecule has 0 aliphatic heterocycles.